The zero-order chi connectivity index (χ0) is 11.9. The Kier molecular flexibility index (Phi) is 5.69. The predicted molar refractivity (Wildman–Crippen MR) is 59.0 cm³/mol. The molecule has 3 heteroatoms. The number of carbonyl (C=O) groups excluding carboxylic acids is 1. The average molecular weight is 209 g/mol. The highest BCUT2D eigenvalue weighted by molar-refractivity contribution is 5.83. The van der Waals surface area contributed by atoms with Crippen LogP contribution in [0, 0.1) is 16.7 Å². The summed E-state index contributed by atoms with van der Waals surface area (Å²) in [5.74, 6) is -0.433. The highest BCUT2D eigenvalue weighted by atomic mass is 16.5. The van der Waals surface area contributed by atoms with Gasteiger partial charge in [0.1, 0.15) is 0 Å². The van der Waals surface area contributed by atoms with Gasteiger partial charge in [-0.25, -0.2) is 4.79 Å². The third-order valence-corrected chi connectivity index (χ3v) is 2.53. The Morgan fingerprint density at radius 1 is 1.47 bits per heavy atom. The lowest BCUT2D eigenvalue weighted by molar-refractivity contribution is -0.150. The fourth-order valence-electron chi connectivity index (χ4n) is 1.53. The maximum absolute atomic E-state index is 11.8. The first-order valence-electron chi connectivity index (χ1n) is 5.34. The second-order valence-corrected chi connectivity index (χ2v) is 3.39. The summed E-state index contributed by atoms with van der Waals surface area (Å²) in [6, 6.07) is 2.09. The normalized spacial score (nSPS) is 15.3. The van der Waals surface area contributed by atoms with Crippen LogP contribution in [0.5, 0.6) is 0 Å². The highest BCUT2D eigenvalue weighted by Gasteiger charge is 2.40. The molecule has 0 N–H and O–H groups in total. The first-order valence-corrected chi connectivity index (χ1v) is 5.34. The average Bonchev–Trinajstić information content (AvgIpc) is 2.21. The van der Waals surface area contributed by atoms with Crippen LogP contribution in [0.25, 0.3) is 0 Å². The summed E-state index contributed by atoms with van der Waals surface area (Å²) >= 11 is 0. The quantitative estimate of drug-likeness (QED) is 0.516. The van der Waals surface area contributed by atoms with E-state index in [1.807, 2.05) is 26.8 Å². The van der Waals surface area contributed by atoms with Crippen molar-refractivity contribution in [2.45, 2.75) is 40.5 Å². The molecule has 0 aliphatic carbocycles. The van der Waals surface area contributed by atoms with Gasteiger partial charge in [-0.3, -0.25) is 0 Å². The fraction of sp³-hybridized carbons (Fsp3) is 0.667. The molecule has 0 radical (unpaired) electrons. The van der Waals surface area contributed by atoms with Crippen molar-refractivity contribution in [2.24, 2.45) is 5.41 Å². The molecule has 0 spiro atoms. The lowest BCUT2D eigenvalue weighted by Gasteiger charge is -2.23. The molecule has 0 fully saturated rings. The molecule has 0 amide bonds. The van der Waals surface area contributed by atoms with Crippen LogP contribution in [-0.4, -0.2) is 12.6 Å². The van der Waals surface area contributed by atoms with Gasteiger partial charge < -0.3 is 4.74 Å². The Morgan fingerprint density at radius 3 is 2.40 bits per heavy atom. The second kappa shape index (κ2) is 6.23. The van der Waals surface area contributed by atoms with E-state index >= 15 is 0 Å². The monoisotopic (exact) mass is 209 g/mol. The zero-order valence-electron chi connectivity index (χ0n) is 9.96. The molecule has 3 nitrogen and oxygen atoms in total. The first kappa shape index (κ1) is 13.7. The van der Waals surface area contributed by atoms with Gasteiger partial charge >= 0.3 is 5.97 Å². The van der Waals surface area contributed by atoms with Crippen LogP contribution in [0.1, 0.15) is 40.5 Å². The largest absolute Gasteiger partial charge is 0.465 e. The molecule has 15 heavy (non-hydrogen) atoms. The summed E-state index contributed by atoms with van der Waals surface area (Å²) in [5.41, 5.74) is -0.306. The molecular weight excluding hydrogens is 190 g/mol. The highest BCUT2D eigenvalue weighted by Crippen LogP contribution is 2.32. The molecule has 0 saturated heterocycles. The number of ether oxygens (including phenoxy) is 1. The molecule has 0 rings (SSSR count). The molecule has 0 saturated carbocycles. The van der Waals surface area contributed by atoms with Crippen molar-refractivity contribution in [1.29, 1.82) is 5.26 Å². The topological polar surface area (TPSA) is 50.1 Å². The molecular formula is C12H19NO2. The number of esters is 1. The van der Waals surface area contributed by atoms with Gasteiger partial charge in [0.25, 0.3) is 0 Å². The van der Waals surface area contributed by atoms with Crippen molar-refractivity contribution in [1.82, 2.24) is 0 Å². The molecule has 0 bridgehead atoms. The number of nitriles is 1. The predicted octanol–water partition coefficient (Wildman–Crippen LogP) is 2.83. The van der Waals surface area contributed by atoms with Gasteiger partial charge in [-0.05, 0) is 32.3 Å². The minimum absolute atomic E-state index is 0.307. The third-order valence-electron chi connectivity index (χ3n) is 2.53. The van der Waals surface area contributed by atoms with Gasteiger partial charge in [-0.1, -0.05) is 19.9 Å². The van der Waals surface area contributed by atoms with Gasteiger partial charge in [0, 0.05) is 0 Å². The van der Waals surface area contributed by atoms with E-state index in [2.05, 4.69) is 6.07 Å². The van der Waals surface area contributed by atoms with Crippen molar-refractivity contribution in [2.75, 3.05) is 6.61 Å². The number of allylic oxidation sites excluding steroid dienone is 1. The molecule has 0 aliphatic heterocycles. The molecule has 0 heterocycles. The molecule has 0 aromatic heterocycles. The van der Waals surface area contributed by atoms with E-state index in [9.17, 15) is 10.1 Å². The lowest BCUT2D eigenvalue weighted by atomic mass is 9.79. The Labute approximate surface area is 91.7 Å². The Hall–Kier alpha value is -1.30. The smallest absolute Gasteiger partial charge is 0.330 e. The minimum Gasteiger partial charge on any atom is -0.465 e. The van der Waals surface area contributed by atoms with Crippen LogP contribution in [0.3, 0.4) is 0 Å². The number of carbonyl (C=O) groups is 1. The fourth-order valence-corrected chi connectivity index (χ4v) is 1.53. The van der Waals surface area contributed by atoms with Crippen LogP contribution in [0.4, 0.5) is 0 Å². The SMILES string of the molecule is CC/C=C(\C)[C@@](C#N)(CC)C(=O)OCC. The van der Waals surface area contributed by atoms with Crippen LogP contribution >= 0.6 is 0 Å². The van der Waals surface area contributed by atoms with Crippen molar-refractivity contribution in [3.8, 4) is 6.07 Å². The Bertz CT molecular complexity index is 288. The molecule has 0 aliphatic rings. The van der Waals surface area contributed by atoms with Crippen molar-refractivity contribution in [3.63, 3.8) is 0 Å². The van der Waals surface area contributed by atoms with Crippen LogP contribution < -0.4 is 0 Å². The molecule has 1 atom stereocenters. The first-order chi connectivity index (χ1) is 7.08. The molecule has 84 valence electrons. The molecule has 0 unspecified atom stereocenters. The second-order valence-electron chi connectivity index (χ2n) is 3.39. The molecule has 0 aromatic carbocycles. The standard InChI is InChI=1S/C12H19NO2/c1-5-8-10(4)12(6-2,9-13)11(14)15-7-3/h8H,5-7H2,1-4H3/b10-8+/t12-/m0/s1. The third kappa shape index (κ3) is 2.82. The Morgan fingerprint density at radius 2 is 2.07 bits per heavy atom. The van der Waals surface area contributed by atoms with E-state index in [4.69, 9.17) is 4.74 Å². The van der Waals surface area contributed by atoms with E-state index < -0.39 is 11.4 Å². The van der Waals surface area contributed by atoms with Crippen molar-refractivity contribution in [3.05, 3.63) is 11.6 Å². The maximum atomic E-state index is 11.8. The van der Waals surface area contributed by atoms with E-state index in [-0.39, 0.29) is 0 Å². The van der Waals surface area contributed by atoms with E-state index in [1.165, 1.54) is 0 Å². The van der Waals surface area contributed by atoms with Gasteiger partial charge in [0.05, 0.1) is 12.7 Å². The van der Waals surface area contributed by atoms with Gasteiger partial charge in [0.15, 0.2) is 5.41 Å². The van der Waals surface area contributed by atoms with Gasteiger partial charge in [-0.15, -0.1) is 0 Å². The van der Waals surface area contributed by atoms with E-state index in [0.29, 0.717) is 13.0 Å². The van der Waals surface area contributed by atoms with Gasteiger partial charge in [0.2, 0.25) is 0 Å². The minimum atomic E-state index is -1.09. The summed E-state index contributed by atoms with van der Waals surface area (Å²) < 4.78 is 4.95. The van der Waals surface area contributed by atoms with Crippen molar-refractivity contribution < 1.29 is 9.53 Å². The number of hydrogen-bond acceptors (Lipinski definition) is 3. The zero-order valence-corrected chi connectivity index (χ0v) is 9.96. The van der Waals surface area contributed by atoms with Crippen LogP contribution in [-0.2, 0) is 9.53 Å². The van der Waals surface area contributed by atoms with Gasteiger partial charge in [-0.2, -0.15) is 5.26 Å². The van der Waals surface area contributed by atoms with E-state index in [0.717, 1.165) is 12.0 Å². The van der Waals surface area contributed by atoms with E-state index in [1.54, 1.807) is 6.92 Å². The van der Waals surface area contributed by atoms with Crippen LogP contribution in [0.2, 0.25) is 0 Å². The summed E-state index contributed by atoms with van der Waals surface area (Å²) in [7, 11) is 0. The number of rotatable bonds is 5. The summed E-state index contributed by atoms with van der Waals surface area (Å²) in [4.78, 5) is 11.8. The summed E-state index contributed by atoms with van der Waals surface area (Å²) in [6.07, 6.45) is 3.17. The lowest BCUT2D eigenvalue weighted by Crippen LogP contribution is -2.32. The number of nitrogens with zero attached hydrogens (tertiary/aromatic N) is 1. The summed E-state index contributed by atoms with van der Waals surface area (Å²) in [5, 5.41) is 9.18. The Balaban J connectivity index is 5.15. The molecule has 0 aromatic rings. The van der Waals surface area contributed by atoms with Crippen molar-refractivity contribution >= 4 is 5.97 Å². The maximum Gasteiger partial charge on any atom is 0.330 e. The summed E-state index contributed by atoms with van der Waals surface area (Å²) in [6.45, 7) is 7.67. The van der Waals surface area contributed by atoms with Crippen LogP contribution in [0.15, 0.2) is 11.6 Å². The number of hydrogen-bond donors (Lipinski definition) is 0.